The van der Waals surface area contributed by atoms with Crippen molar-refractivity contribution in [3.63, 3.8) is 0 Å². The van der Waals surface area contributed by atoms with E-state index in [1.165, 1.54) is 12.2 Å². The van der Waals surface area contributed by atoms with Crippen molar-refractivity contribution in [2.45, 2.75) is 6.42 Å². The molecule has 4 heteroatoms. The molecule has 0 N–H and O–H groups in total. The van der Waals surface area contributed by atoms with Gasteiger partial charge in [0, 0.05) is 0 Å². The molecule has 0 radical (unpaired) electrons. The molecule has 0 aromatic carbocycles. The average Bonchev–Trinajstić information content (AvgIpc) is 2.03. The lowest BCUT2D eigenvalue weighted by Gasteiger charge is -1.81. The summed E-state index contributed by atoms with van der Waals surface area (Å²) >= 11 is 0. The smallest absolute Gasteiger partial charge is 0.211 e. The molecule has 0 rings (SSSR count). The van der Waals surface area contributed by atoms with Crippen LogP contribution in [-0.2, 0) is 9.59 Å². The maximum atomic E-state index is 9.55. The average molecular weight is 152 g/mol. The summed E-state index contributed by atoms with van der Waals surface area (Å²) in [6.45, 7) is 0.777. The molecular weight excluding hydrogens is 144 g/mol. The fraction of sp³-hybridized carbons (Fsp3) is 0.429. The summed E-state index contributed by atoms with van der Waals surface area (Å²) in [5.41, 5.74) is 0. The molecule has 0 amide bonds. The molecule has 0 aliphatic carbocycles. The maximum Gasteiger partial charge on any atom is 0.235 e. The predicted octanol–water partition coefficient (Wildman–Crippen LogP) is 0.604. The molecule has 0 saturated heterocycles. The Kier molecular flexibility index (Phi) is 7.34. The Bertz CT molecular complexity index is 210. The zero-order chi connectivity index (χ0) is 8.36. The fourth-order valence-corrected chi connectivity index (χ4v) is 0.467. The van der Waals surface area contributed by atoms with Crippen LogP contribution in [0, 0.1) is 0 Å². The van der Waals surface area contributed by atoms with E-state index in [0.29, 0.717) is 19.5 Å². The zero-order valence-corrected chi connectivity index (χ0v) is 5.99. The van der Waals surface area contributed by atoms with Crippen LogP contribution in [0.1, 0.15) is 6.42 Å². The van der Waals surface area contributed by atoms with Crippen LogP contribution in [0.5, 0.6) is 0 Å². The van der Waals surface area contributed by atoms with Crippen LogP contribution >= 0.6 is 0 Å². The highest BCUT2D eigenvalue weighted by atomic mass is 16.1. The van der Waals surface area contributed by atoms with Crippen LogP contribution in [0.15, 0.2) is 22.1 Å². The molecule has 0 unspecified atom stereocenters. The minimum Gasteiger partial charge on any atom is -0.211 e. The van der Waals surface area contributed by atoms with Gasteiger partial charge in [-0.3, -0.25) is 0 Å². The van der Waals surface area contributed by atoms with Crippen molar-refractivity contribution in [1.82, 2.24) is 0 Å². The lowest BCUT2D eigenvalue weighted by atomic mass is 10.4. The number of isocyanates is 2. The molecule has 11 heavy (non-hydrogen) atoms. The van der Waals surface area contributed by atoms with Crippen LogP contribution in [0.2, 0.25) is 0 Å². The van der Waals surface area contributed by atoms with Gasteiger partial charge in [0.15, 0.2) is 0 Å². The molecule has 0 atom stereocenters. The van der Waals surface area contributed by atoms with Crippen molar-refractivity contribution >= 4 is 12.2 Å². The third-order valence-corrected chi connectivity index (χ3v) is 0.900. The topological polar surface area (TPSA) is 58.9 Å². The van der Waals surface area contributed by atoms with Crippen molar-refractivity contribution in [1.29, 1.82) is 0 Å². The largest absolute Gasteiger partial charge is 0.235 e. The zero-order valence-electron chi connectivity index (χ0n) is 5.99. The van der Waals surface area contributed by atoms with Gasteiger partial charge in [0.2, 0.25) is 12.2 Å². The first-order valence-corrected chi connectivity index (χ1v) is 3.14. The molecule has 0 aliphatic heterocycles. The van der Waals surface area contributed by atoms with Gasteiger partial charge < -0.3 is 0 Å². The van der Waals surface area contributed by atoms with Crippen molar-refractivity contribution in [3.8, 4) is 0 Å². The molecule has 58 valence electrons. The third-order valence-electron chi connectivity index (χ3n) is 0.900. The minimum atomic E-state index is 0.342. The predicted molar refractivity (Wildman–Crippen MR) is 39.7 cm³/mol. The fourth-order valence-electron chi connectivity index (χ4n) is 0.467. The summed E-state index contributed by atoms with van der Waals surface area (Å²) < 4.78 is 0. The molecule has 4 nitrogen and oxygen atoms in total. The third kappa shape index (κ3) is 8.50. The van der Waals surface area contributed by atoms with Crippen LogP contribution in [-0.4, -0.2) is 25.2 Å². The molecular formula is C7H8N2O2. The molecule has 0 spiro atoms. The van der Waals surface area contributed by atoms with Crippen LogP contribution in [0.4, 0.5) is 0 Å². The highest BCUT2D eigenvalue weighted by molar-refractivity contribution is 5.33. The first-order chi connectivity index (χ1) is 5.41. The Balaban J connectivity index is 3.29. The van der Waals surface area contributed by atoms with Gasteiger partial charge in [-0.05, 0) is 6.42 Å². The Labute approximate surface area is 64.4 Å². The Morgan fingerprint density at radius 3 is 2.45 bits per heavy atom. The summed E-state index contributed by atoms with van der Waals surface area (Å²) in [5.74, 6) is 0. The SMILES string of the molecule is O=C=NC/C=C/CCN=C=O. The summed E-state index contributed by atoms with van der Waals surface area (Å²) in [7, 11) is 0. The van der Waals surface area contributed by atoms with Gasteiger partial charge in [-0.1, -0.05) is 12.2 Å². The summed E-state index contributed by atoms with van der Waals surface area (Å²) in [6.07, 6.45) is 7.01. The Hall–Kier alpha value is -1.50. The van der Waals surface area contributed by atoms with Gasteiger partial charge >= 0.3 is 0 Å². The highest BCUT2D eigenvalue weighted by Gasteiger charge is 1.75. The van der Waals surface area contributed by atoms with E-state index in [1.54, 1.807) is 12.2 Å². The van der Waals surface area contributed by atoms with E-state index in [4.69, 9.17) is 0 Å². The van der Waals surface area contributed by atoms with Gasteiger partial charge in [0.25, 0.3) is 0 Å². The van der Waals surface area contributed by atoms with E-state index in [2.05, 4.69) is 9.98 Å². The van der Waals surface area contributed by atoms with E-state index in [0.717, 1.165) is 0 Å². The lowest BCUT2D eigenvalue weighted by Crippen LogP contribution is -1.76. The monoisotopic (exact) mass is 152 g/mol. The molecule has 0 fully saturated rings. The van der Waals surface area contributed by atoms with Gasteiger partial charge in [0.05, 0.1) is 13.1 Å². The van der Waals surface area contributed by atoms with Crippen LogP contribution in [0.3, 0.4) is 0 Å². The number of rotatable bonds is 5. The molecule has 0 saturated carbocycles. The Morgan fingerprint density at radius 2 is 1.82 bits per heavy atom. The van der Waals surface area contributed by atoms with E-state index in [-0.39, 0.29) is 0 Å². The van der Waals surface area contributed by atoms with Gasteiger partial charge in [-0.25, -0.2) is 19.6 Å². The van der Waals surface area contributed by atoms with E-state index < -0.39 is 0 Å². The van der Waals surface area contributed by atoms with Crippen molar-refractivity contribution < 1.29 is 9.59 Å². The Morgan fingerprint density at radius 1 is 1.09 bits per heavy atom. The highest BCUT2D eigenvalue weighted by Crippen LogP contribution is 1.83. The second-order valence-electron chi connectivity index (χ2n) is 1.67. The number of hydrogen-bond acceptors (Lipinski definition) is 4. The molecule has 0 aromatic rings. The first-order valence-electron chi connectivity index (χ1n) is 3.14. The van der Waals surface area contributed by atoms with Gasteiger partial charge in [-0.2, -0.15) is 0 Å². The summed E-state index contributed by atoms with van der Waals surface area (Å²) in [6, 6.07) is 0. The normalized spacial score (nSPS) is 8.73. The molecule has 0 bridgehead atoms. The summed E-state index contributed by atoms with van der Waals surface area (Å²) in [5, 5.41) is 0. The van der Waals surface area contributed by atoms with Gasteiger partial charge in [-0.15, -0.1) is 0 Å². The van der Waals surface area contributed by atoms with Crippen molar-refractivity contribution in [2.75, 3.05) is 13.1 Å². The molecule has 0 aromatic heterocycles. The summed E-state index contributed by atoms with van der Waals surface area (Å²) in [4.78, 5) is 25.7. The van der Waals surface area contributed by atoms with E-state index in [9.17, 15) is 9.59 Å². The number of nitrogens with zero attached hydrogens (tertiary/aromatic N) is 2. The maximum absolute atomic E-state index is 9.55. The van der Waals surface area contributed by atoms with Gasteiger partial charge in [0.1, 0.15) is 0 Å². The standard InChI is InChI=1S/C7H8N2O2/c10-6-8-4-2-1-3-5-9-7-11/h1-2H,3-5H2/b2-1+. The lowest BCUT2D eigenvalue weighted by molar-refractivity contribution is 0.562. The molecule has 0 aliphatic rings. The second-order valence-corrected chi connectivity index (χ2v) is 1.67. The van der Waals surface area contributed by atoms with Crippen LogP contribution < -0.4 is 0 Å². The van der Waals surface area contributed by atoms with E-state index >= 15 is 0 Å². The first kappa shape index (κ1) is 9.50. The molecule has 0 heterocycles. The van der Waals surface area contributed by atoms with Crippen molar-refractivity contribution in [2.24, 2.45) is 9.98 Å². The number of aliphatic imine (C=N–C) groups is 2. The quantitative estimate of drug-likeness (QED) is 0.251. The minimum absolute atomic E-state index is 0.342. The van der Waals surface area contributed by atoms with Crippen LogP contribution in [0.25, 0.3) is 0 Å². The second kappa shape index (κ2) is 8.50. The number of hydrogen-bond donors (Lipinski definition) is 0. The van der Waals surface area contributed by atoms with Crippen molar-refractivity contribution in [3.05, 3.63) is 12.2 Å². The van der Waals surface area contributed by atoms with E-state index in [1.807, 2.05) is 0 Å². The number of carbonyl (C=O) groups excluding carboxylic acids is 2.